The number of nitrogens with one attached hydrogen (secondary N) is 1. The van der Waals surface area contributed by atoms with Gasteiger partial charge in [0.15, 0.2) is 0 Å². The van der Waals surface area contributed by atoms with Crippen LogP contribution in [0.2, 0.25) is 0 Å². The third-order valence-electron chi connectivity index (χ3n) is 4.09. The minimum absolute atomic E-state index is 0.0413. The van der Waals surface area contributed by atoms with E-state index in [1.165, 1.54) is 18.9 Å². The zero-order chi connectivity index (χ0) is 16.2. The van der Waals surface area contributed by atoms with E-state index in [0.29, 0.717) is 11.5 Å². The third kappa shape index (κ3) is 4.03. The lowest BCUT2D eigenvalue weighted by Crippen LogP contribution is -2.55. The van der Waals surface area contributed by atoms with Crippen molar-refractivity contribution in [3.8, 4) is 0 Å². The van der Waals surface area contributed by atoms with E-state index in [1.54, 1.807) is 0 Å². The Kier molecular flexibility index (Phi) is 5.50. The summed E-state index contributed by atoms with van der Waals surface area (Å²) in [4.78, 5) is 23.5. The maximum absolute atomic E-state index is 12.1. The molecule has 0 spiro atoms. The molecule has 0 radical (unpaired) electrons. The molecule has 1 aliphatic rings. The second-order valence-corrected chi connectivity index (χ2v) is 6.72. The van der Waals surface area contributed by atoms with Gasteiger partial charge < -0.3 is 14.6 Å². The first-order valence-corrected chi connectivity index (χ1v) is 8.48. The Hall–Kier alpha value is -1.50. The van der Waals surface area contributed by atoms with Crippen LogP contribution in [0, 0.1) is 13.8 Å². The van der Waals surface area contributed by atoms with Crippen molar-refractivity contribution < 1.29 is 18.8 Å². The first-order chi connectivity index (χ1) is 10.5. The number of rotatable bonds is 7. The van der Waals surface area contributed by atoms with Crippen LogP contribution in [0.5, 0.6) is 0 Å². The molecular weight excluding hydrogens is 304 g/mol. The van der Waals surface area contributed by atoms with Crippen molar-refractivity contribution in [3.05, 3.63) is 17.0 Å². The van der Waals surface area contributed by atoms with Gasteiger partial charge in [0, 0.05) is 11.3 Å². The summed E-state index contributed by atoms with van der Waals surface area (Å²) in [5.41, 5.74) is 1.52. The minimum Gasteiger partial charge on any atom is -0.469 e. The van der Waals surface area contributed by atoms with Gasteiger partial charge in [0.1, 0.15) is 5.76 Å². The van der Waals surface area contributed by atoms with Crippen molar-refractivity contribution in [1.29, 1.82) is 0 Å². The van der Waals surface area contributed by atoms with E-state index in [2.05, 4.69) is 10.5 Å². The Labute approximate surface area is 134 Å². The van der Waals surface area contributed by atoms with Gasteiger partial charge in [0.05, 0.1) is 30.5 Å². The maximum Gasteiger partial charge on any atom is 0.307 e. The second-order valence-electron chi connectivity index (χ2n) is 5.73. The number of nitrogens with zero attached hydrogens (tertiary/aromatic N) is 1. The van der Waals surface area contributed by atoms with Crippen LogP contribution in [0.25, 0.3) is 0 Å². The van der Waals surface area contributed by atoms with Gasteiger partial charge in [-0.1, -0.05) is 5.16 Å². The van der Waals surface area contributed by atoms with E-state index in [-0.39, 0.29) is 18.3 Å². The Morgan fingerprint density at radius 2 is 2.14 bits per heavy atom. The topological polar surface area (TPSA) is 81.4 Å². The molecule has 0 unspecified atom stereocenters. The van der Waals surface area contributed by atoms with E-state index in [4.69, 9.17) is 9.26 Å². The normalized spacial score (nSPS) is 16.0. The van der Waals surface area contributed by atoms with Gasteiger partial charge in [-0.25, -0.2) is 0 Å². The third-order valence-corrected chi connectivity index (χ3v) is 5.05. The highest BCUT2D eigenvalue weighted by molar-refractivity contribution is 7.99. The molecule has 0 atom stereocenters. The molecule has 122 valence electrons. The summed E-state index contributed by atoms with van der Waals surface area (Å²) in [7, 11) is 1.37. The number of carbonyl (C=O) groups is 2. The van der Waals surface area contributed by atoms with E-state index in [1.807, 2.05) is 13.8 Å². The lowest BCUT2D eigenvalue weighted by molar-refractivity contribution is -0.143. The molecule has 2 rings (SSSR count). The van der Waals surface area contributed by atoms with Crippen LogP contribution in [-0.2, 0) is 20.1 Å². The first kappa shape index (κ1) is 16.9. The molecule has 6 nitrogen and oxygen atoms in total. The van der Waals surface area contributed by atoms with Gasteiger partial charge in [0.2, 0.25) is 5.91 Å². The van der Waals surface area contributed by atoms with E-state index < -0.39 is 5.54 Å². The molecule has 1 amide bonds. The van der Waals surface area contributed by atoms with Crippen LogP contribution in [-0.4, -0.2) is 35.4 Å². The highest BCUT2D eigenvalue weighted by Crippen LogP contribution is 2.35. The molecule has 1 aliphatic carbocycles. The van der Waals surface area contributed by atoms with E-state index >= 15 is 0 Å². The van der Waals surface area contributed by atoms with Crippen molar-refractivity contribution in [3.63, 3.8) is 0 Å². The molecule has 1 N–H and O–H groups in total. The SMILES string of the molecule is COC(=O)CC1(NC(=O)CSCc2c(C)noc2C)CCC1. The molecule has 1 aromatic rings. The molecule has 22 heavy (non-hydrogen) atoms. The van der Waals surface area contributed by atoms with Gasteiger partial charge in [0.25, 0.3) is 0 Å². The van der Waals surface area contributed by atoms with Crippen LogP contribution < -0.4 is 5.32 Å². The number of hydrogen-bond acceptors (Lipinski definition) is 6. The smallest absolute Gasteiger partial charge is 0.307 e. The van der Waals surface area contributed by atoms with Crippen LogP contribution in [0.4, 0.5) is 0 Å². The molecule has 1 saturated carbocycles. The summed E-state index contributed by atoms with van der Waals surface area (Å²) < 4.78 is 9.81. The van der Waals surface area contributed by atoms with Crippen molar-refractivity contribution in [1.82, 2.24) is 10.5 Å². The molecule has 0 aliphatic heterocycles. The highest BCUT2D eigenvalue weighted by atomic mass is 32.2. The van der Waals surface area contributed by atoms with Crippen LogP contribution >= 0.6 is 11.8 Å². The number of hydrogen-bond donors (Lipinski definition) is 1. The van der Waals surface area contributed by atoms with Crippen molar-refractivity contribution in [2.45, 2.75) is 50.8 Å². The number of aromatic nitrogens is 1. The summed E-state index contributed by atoms with van der Waals surface area (Å²) in [6, 6.07) is 0. The molecule has 1 heterocycles. The maximum atomic E-state index is 12.1. The van der Waals surface area contributed by atoms with E-state index in [9.17, 15) is 9.59 Å². The Balaban J connectivity index is 1.79. The summed E-state index contributed by atoms with van der Waals surface area (Å²) in [6.45, 7) is 3.77. The number of methoxy groups -OCH3 is 1. The fraction of sp³-hybridized carbons (Fsp3) is 0.667. The van der Waals surface area contributed by atoms with Gasteiger partial charge in [-0.05, 0) is 33.1 Å². The average Bonchev–Trinajstić information content (AvgIpc) is 2.76. The fourth-order valence-corrected chi connectivity index (χ4v) is 3.56. The largest absolute Gasteiger partial charge is 0.469 e. The number of thioether (sulfide) groups is 1. The summed E-state index contributed by atoms with van der Waals surface area (Å²) in [5, 5.41) is 6.90. The lowest BCUT2D eigenvalue weighted by atomic mass is 9.74. The fourth-order valence-electron chi connectivity index (χ4n) is 2.58. The number of esters is 1. The molecule has 0 bridgehead atoms. The summed E-state index contributed by atoms with van der Waals surface area (Å²) in [5.74, 6) is 1.53. The number of aryl methyl sites for hydroxylation is 2. The molecule has 1 aromatic heterocycles. The second kappa shape index (κ2) is 7.17. The minimum atomic E-state index is -0.395. The van der Waals surface area contributed by atoms with Crippen LogP contribution in [0.3, 0.4) is 0 Å². The Morgan fingerprint density at radius 1 is 1.41 bits per heavy atom. The van der Waals surface area contributed by atoms with Crippen LogP contribution in [0.15, 0.2) is 4.52 Å². The van der Waals surface area contributed by atoms with Gasteiger partial charge >= 0.3 is 5.97 Å². The Bertz CT molecular complexity index is 532. The monoisotopic (exact) mass is 326 g/mol. The summed E-state index contributed by atoms with van der Waals surface area (Å²) in [6.07, 6.45) is 2.96. The molecule has 1 fully saturated rings. The lowest BCUT2D eigenvalue weighted by Gasteiger charge is -2.41. The Morgan fingerprint density at radius 3 is 2.64 bits per heavy atom. The van der Waals surface area contributed by atoms with Crippen molar-refractivity contribution in [2.24, 2.45) is 0 Å². The number of amides is 1. The number of ether oxygens (including phenoxy) is 1. The highest BCUT2D eigenvalue weighted by Gasteiger charge is 2.40. The summed E-state index contributed by atoms with van der Waals surface area (Å²) >= 11 is 1.52. The molecule has 0 saturated heterocycles. The van der Waals surface area contributed by atoms with Gasteiger partial charge in [-0.3, -0.25) is 9.59 Å². The predicted molar refractivity (Wildman–Crippen MR) is 83.5 cm³/mol. The van der Waals surface area contributed by atoms with Gasteiger partial charge in [-0.2, -0.15) is 0 Å². The van der Waals surface area contributed by atoms with Gasteiger partial charge in [-0.15, -0.1) is 11.8 Å². The first-order valence-electron chi connectivity index (χ1n) is 7.33. The number of carbonyl (C=O) groups excluding carboxylic acids is 2. The molecule has 7 heteroatoms. The van der Waals surface area contributed by atoms with E-state index in [0.717, 1.165) is 36.3 Å². The predicted octanol–water partition coefficient (Wildman–Crippen LogP) is 2.13. The molecule has 0 aromatic carbocycles. The van der Waals surface area contributed by atoms with Crippen molar-refractivity contribution >= 4 is 23.6 Å². The molecular formula is C15H22N2O4S. The quantitative estimate of drug-likeness (QED) is 0.773. The zero-order valence-corrected chi connectivity index (χ0v) is 14.0. The van der Waals surface area contributed by atoms with Crippen molar-refractivity contribution in [2.75, 3.05) is 12.9 Å². The average molecular weight is 326 g/mol. The standard InChI is InChI=1S/C15H22N2O4S/c1-10-12(11(2)21-17-10)8-22-9-13(18)16-15(5-4-6-15)7-14(19)20-3/h4-9H2,1-3H3,(H,16,18). The zero-order valence-electron chi connectivity index (χ0n) is 13.2. The van der Waals surface area contributed by atoms with Crippen LogP contribution in [0.1, 0.15) is 42.7 Å².